The molecule has 1 aromatic heterocycles. The molecule has 0 saturated heterocycles. The molecule has 2 rings (SSSR count). The van der Waals surface area contributed by atoms with Gasteiger partial charge in [0.05, 0.1) is 6.33 Å². The van der Waals surface area contributed by atoms with Gasteiger partial charge in [0.2, 0.25) is 0 Å². The van der Waals surface area contributed by atoms with Crippen LogP contribution in [0.25, 0.3) is 11.1 Å². The van der Waals surface area contributed by atoms with Gasteiger partial charge >= 0.3 is 0 Å². The van der Waals surface area contributed by atoms with Crippen molar-refractivity contribution >= 4 is 11.1 Å². The third-order valence-electron chi connectivity index (χ3n) is 3.28. The van der Waals surface area contributed by atoms with Crippen molar-refractivity contribution in [3.63, 3.8) is 0 Å². The SMILES string of the molecule is CCCCc1nc2ccc(CC(=CF)CC)cc2o1. The zero-order valence-corrected chi connectivity index (χ0v) is 11.6. The van der Waals surface area contributed by atoms with Crippen LogP contribution in [0.1, 0.15) is 44.6 Å². The molecule has 0 aliphatic heterocycles. The second-order valence-corrected chi connectivity index (χ2v) is 4.81. The average Bonchev–Trinajstić information content (AvgIpc) is 2.84. The predicted octanol–water partition coefficient (Wildman–Crippen LogP) is 4.98. The van der Waals surface area contributed by atoms with Gasteiger partial charge in [-0.2, -0.15) is 0 Å². The van der Waals surface area contributed by atoms with Crippen LogP contribution in [0.2, 0.25) is 0 Å². The van der Waals surface area contributed by atoms with E-state index in [1.165, 1.54) is 0 Å². The molecule has 0 saturated carbocycles. The van der Waals surface area contributed by atoms with Crippen molar-refractivity contribution in [2.45, 2.75) is 46.0 Å². The molecule has 3 heteroatoms. The Labute approximate surface area is 113 Å². The summed E-state index contributed by atoms with van der Waals surface area (Å²) in [7, 11) is 0. The monoisotopic (exact) mass is 261 g/mol. The largest absolute Gasteiger partial charge is 0.441 e. The number of oxazole rings is 1. The Morgan fingerprint density at radius 3 is 2.89 bits per heavy atom. The molecule has 0 bridgehead atoms. The van der Waals surface area contributed by atoms with Gasteiger partial charge in [-0.1, -0.05) is 26.3 Å². The quantitative estimate of drug-likeness (QED) is 0.733. The van der Waals surface area contributed by atoms with Crippen LogP contribution in [-0.4, -0.2) is 4.98 Å². The number of hydrogen-bond donors (Lipinski definition) is 0. The van der Waals surface area contributed by atoms with Crippen molar-refractivity contribution in [3.8, 4) is 0 Å². The molecule has 19 heavy (non-hydrogen) atoms. The lowest BCUT2D eigenvalue weighted by Crippen LogP contribution is -1.88. The minimum Gasteiger partial charge on any atom is -0.441 e. The molecule has 0 N–H and O–H groups in total. The van der Waals surface area contributed by atoms with E-state index < -0.39 is 0 Å². The number of aryl methyl sites for hydroxylation is 1. The fraction of sp³-hybridized carbons (Fsp3) is 0.438. The topological polar surface area (TPSA) is 26.0 Å². The maximum absolute atomic E-state index is 12.6. The number of unbranched alkanes of at least 4 members (excludes halogenated alkanes) is 1. The minimum absolute atomic E-state index is 0.633. The second kappa shape index (κ2) is 6.50. The van der Waals surface area contributed by atoms with Crippen LogP contribution in [-0.2, 0) is 12.8 Å². The van der Waals surface area contributed by atoms with Crippen molar-refractivity contribution in [1.29, 1.82) is 0 Å². The lowest BCUT2D eigenvalue weighted by atomic mass is 10.0. The third kappa shape index (κ3) is 3.43. The lowest BCUT2D eigenvalue weighted by Gasteiger charge is -2.02. The van der Waals surface area contributed by atoms with Crippen LogP contribution in [0.15, 0.2) is 34.5 Å². The number of halogens is 1. The maximum atomic E-state index is 12.6. The molecule has 0 radical (unpaired) electrons. The van der Waals surface area contributed by atoms with Crippen LogP contribution in [0.3, 0.4) is 0 Å². The van der Waals surface area contributed by atoms with E-state index in [-0.39, 0.29) is 0 Å². The van der Waals surface area contributed by atoms with Crippen LogP contribution in [0.5, 0.6) is 0 Å². The lowest BCUT2D eigenvalue weighted by molar-refractivity contribution is 0.517. The van der Waals surface area contributed by atoms with E-state index in [1.807, 2.05) is 25.1 Å². The Kier molecular flexibility index (Phi) is 4.72. The Bertz CT molecular complexity index is 571. The first kappa shape index (κ1) is 13.8. The van der Waals surface area contributed by atoms with E-state index in [2.05, 4.69) is 11.9 Å². The van der Waals surface area contributed by atoms with E-state index in [4.69, 9.17) is 4.42 Å². The summed E-state index contributed by atoms with van der Waals surface area (Å²) in [5.41, 5.74) is 3.55. The Hall–Kier alpha value is -1.64. The highest BCUT2D eigenvalue weighted by Crippen LogP contribution is 2.21. The number of hydrogen-bond acceptors (Lipinski definition) is 2. The van der Waals surface area contributed by atoms with Crippen LogP contribution < -0.4 is 0 Å². The molecule has 0 unspecified atom stereocenters. The molecule has 102 valence electrons. The first-order chi connectivity index (χ1) is 9.26. The van der Waals surface area contributed by atoms with E-state index in [0.29, 0.717) is 12.8 Å². The fourth-order valence-corrected chi connectivity index (χ4v) is 2.06. The first-order valence-electron chi connectivity index (χ1n) is 6.93. The Balaban J connectivity index is 2.20. The van der Waals surface area contributed by atoms with Crippen LogP contribution in [0.4, 0.5) is 4.39 Å². The average molecular weight is 261 g/mol. The highest BCUT2D eigenvalue weighted by molar-refractivity contribution is 5.73. The van der Waals surface area contributed by atoms with E-state index in [1.54, 1.807) is 0 Å². The van der Waals surface area contributed by atoms with Gasteiger partial charge in [0.25, 0.3) is 0 Å². The number of benzene rings is 1. The van der Waals surface area contributed by atoms with Crippen molar-refractivity contribution < 1.29 is 8.81 Å². The molecule has 0 atom stereocenters. The predicted molar refractivity (Wildman–Crippen MR) is 75.8 cm³/mol. The first-order valence-corrected chi connectivity index (χ1v) is 6.93. The minimum atomic E-state index is 0.633. The highest BCUT2D eigenvalue weighted by atomic mass is 19.1. The molecular formula is C16H20FNO. The maximum Gasteiger partial charge on any atom is 0.195 e. The summed E-state index contributed by atoms with van der Waals surface area (Å²) in [6.45, 7) is 4.11. The summed E-state index contributed by atoms with van der Waals surface area (Å²) in [6, 6.07) is 5.92. The molecule has 0 amide bonds. The summed E-state index contributed by atoms with van der Waals surface area (Å²) in [6.07, 6.45) is 5.17. The van der Waals surface area contributed by atoms with Crippen molar-refractivity contribution in [1.82, 2.24) is 4.98 Å². The van der Waals surface area contributed by atoms with Crippen LogP contribution >= 0.6 is 0 Å². The molecule has 0 aliphatic carbocycles. The van der Waals surface area contributed by atoms with Gasteiger partial charge in [0.1, 0.15) is 5.52 Å². The normalized spacial score (nSPS) is 12.3. The van der Waals surface area contributed by atoms with E-state index in [0.717, 1.165) is 53.8 Å². The molecule has 2 nitrogen and oxygen atoms in total. The smallest absolute Gasteiger partial charge is 0.195 e. The van der Waals surface area contributed by atoms with Gasteiger partial charge in [0, 0.05) is 6.42 Å². The van der Waals surface area contributed by atoms with Crippen molar-refractivity contribution in [2.75, 3.05) is 0 Å². The third-order valence-corrected chi connectivity index (χ3v) is 3.28. The number of rotatable bonds is 6. The number of nitrogens with zero attached hydrogens (tertiary/aromatic N) is 1. The molecule has 2 aromatic rings. The molecule has 0 spiro atoms. The molecule has 1 aromatic carbocycles. The van der Waals surface area contributed by atoms with E-state index in [9.17, 15) is 4.39 Å². The van der Waals surface area contributed by atoms with Crippen molar-refractivity contribution in [3.05, 3.63) is 41.6 Å². The van der Waals surface area contributed by atoms with Gasteiger partial charge < -0.3 is 4.42 Å². The zero-order chi connectivity index (χ0) is 13.7. The second-order valence-electron chi connectivity index (χ2n) is 4.81. The molecule has 0 aliphatic rings. The summed E-state index contributed by atoms with van der Waals surface area (Å²) in [5.74, 6) is 0.797. The van der Waals surface area contributed by atoms with Crippen molar-refractivity contribution in [2.24, 2.45) is 0 Å². The van der Waals surface area contributed by atoms with Crippen LogP contribution in [0, 0.1) is 0 Å². The molecule has 0 fully saturated rings. The van der Waals surface area contributed by atoms with Gasteiger partial charge in [0.15, 0.2) is 11.5 Å². The number of fused-ring (bicyclic) bond motifs is 1. The molecule has 1 heterocycles. The molecular weight excluding hydrogens is 241 g/mol. The van der Waals surface area contributed by atoms with E-state index >= 15 is 0 Å². The fourth-order valence-electron chi connectivity index (χ4n) is 2.06. The number of allylic oxidation sites excluding steroid dienone is 1. The van der Waals surface area contributed by atoms with Gasteiger partial charge in [-0.25, -0.2) is 9.37 Å². The standard InChI is InChI=1S/C16H20FNO/c1-3-5-6-16-18-14-8-7-13(10-15(14)19-16)9-12(4-2)11-17/h7-8,10-11H,3-6,9H2,1-2H3. The summed E-state index contributed by atoms with van der Waals surface area (Å²) in [5, 5.41) is 0. The summed E-state index contributed by atoms with van der Waals surface area (Å²) < 4.78 is 18.3. The Morgan fingerprint density at radius 1 is 1.37 bits per heavy atom. The number of aromatic nitrogens is 1. The van der Waals surface area contributed by atoms with Gasteiger partial charge in [-0.3, -0.25) is 0 Å². The highest BCUT2D eigenvalue weighted by Gasteiger charge is 2.07. The zero-order valence-electron chi connectivity index (χ0n) is 11.6. The summed E-state index contributed by atoms with van der Waals surface area (Å²) in [4.78, 5) is 4.46. The Morgan fingerprint density at radius 2 is 2.21 bits per heavy atom. The van der Waals surface area contributed by atoms with Gasteiger partial charge in [-0.15, -0.1) is 0 Å². The summed E-state index contributed by atoms with van der Waals surface area (Å²) >= 11 is 0. The van der Waals surface area contributed by atoms with Gasteiger partial charge in [-0.05, 0) is 42.5 Å².